The summed E-state index contributed by atoms with van der Waals surface area (Å²) in [7, 11) is 1.89. The van der Waals surface area contributed by atoms with Crippen molar-refractivity contribution < 1.29 is 9.53 Å². The molecule has 2 aliphatic rings. The molecule has 3 rings (SSSR count). The summed E-state index contributed by atoms with van der Waals surface area (Å²) in [6.45, 7) is 7.68. The first-order chi connectivity index (χ1) is 13.6. The van der Waals surface area contributed by atoms with Crippen LogP contribution in [0.2, 0.25) is 0 Å². The van der Waals surface area contributed by atoms with Crippen molar-refractivity contribution in [3.63, 3.8) is 0 Å². The largest absolute Gasteiger partial charge is 0.378 e. The van der Waals surface area contributed by atoms with Crippen molar-refractivity contribution >= 4 is 5.91 Å². The maximum absolute atomic E-state index is 12.4. The lowest BCUT2D eigenvalue weighted by Crippen LogP contribution is -2.33. The normalized spacial score (nSPS) is 21.7. The molecule has 0 radical (unpaired) electrons. The lowest BCUT2D eigenvalue weighted by molar-refractivity contribution is -0.130. The highest BCUT2D eigenvalue weighted by molar-refractivity contribution is 5.75. The zero-order valence-corrected chi connectivity index (χ0v) is 17.6. The number of carbonyl (C=O) groups is 1. The Hall–Kier alpha value is -1.54. The van der Waals surface area contributed by atoms with Crippen LogP contribution in [0.25, 0.3) is 0 Å². The van der Waals surface area contributed by atoms with Crippen molar-refractivity contribution in [3.8, 4) is 0 Å². The summed E-state index contributed by atoms with van der Waals surface area (Å²) >= 11 is 0. The van der Waals surface area contributed by atoms with Crippen molar-refractivity contribution in [1.29, 1.82) is 0 Å². The van der Waals surface area contributed by atoms with Crippen LogP contribution < -0.4 is 0 Å². The first kappa shape index (κ1) is 21.2. The van der Waals surface area contributed by atoms with E-state index in [1.165, 1.54) is 25.7 Å². The Morgan fingerprint density at radius 2 is 2.07 bits per heavy atom. The monoisotopic (exact) mass is 392 g/mol. The fraction of sp³-hybridized carbons (Fsp3) is 0.900. The third-order valence-corrected chi connectivity index (χ3v) is 6.09. The van der Waals surface area contributed by atoms with E-state index in [0.29, 0.717) is 19.1 Å². The number of hydrogen-bond donors (Lipinski definition) is 0. The molecule has 8 heteroatoms. The fourth-order valence-corrected chi connectivity index (χ4v) is 4.00. The van der Waals surface area contributed by atoms with E-state index in [1.807, 2.05) is 16.6 Å². The number of hydrogen-bond acceptors (Lipinski definition) is 6. The summed E-state index contributed by atoms with van der Waals surface area (Å²) < 4.78 is 7.61. The first-order valence-corrected chi connectivity index (χ1v) is 10.9. The maximum Gasteiger partial charge on any atom is 0.222 e. The molecule has 0 aromatic carbocycles. The van der Waals surface area contributed by atoms with Gasteiger partial charge in [0.2, 0.25) is 5.91 Å². The molecule has 2 aliphatic heterocycles. The topological polar surface area (TPSA) is 76.4 Å². The minimum Gasteiger partial charge on any atom is -0.378 e. The van der Waals surface area contributed by atoms with E-state index < -0.39 is 0 Å². The van der Waals surface area contributed by atoms with Crippen molar-refractivity contribution in [2.75, 3.05) is 33.3 Å². The predicted octanol–water partition coefficient (Wildman–Crippen LogP) is 2.10. The van der Waals surface area contributed by atoms with Gasteiger partial charge in [-0.3, -0.25) is 9.69 Å². The molecule has 2 fully saturated rings. The number of nitrogens with zero attached hydrogens (tertiary/aromatic N) is 6. The smallest absolute Gasteiger partial charge is 0.222 e. The van der Waals surface area contributed by atoms with Crippen molar-refractivity contribution in [2.24, 2.45) is 5.92 Å². The molecule has 0 bridgehead atoms. The number of tetrazole rings is 1. The van der Waals surface area contributed by atoms with E-state index in [-0.39, 0.29) is 5.91 Å². The van der Waals surface area contributed by atoms with Gasteiger partial charge in [-0.25, -0.2) is 4.68 Å². The fourth-order valence-electron chi connectivity index (χ4n) is 4.00. The highest BCUT2D eigenvalue weighted by atomic mass is 16.5. The molecule has 0 N–H and O–H groups in total. The van der Waals surface area contributed by atoms with Crippen LogP contribution in [0.4, 0.5) is 0 Å². The number of ether oxygens (including phenoxy) is 1. The molecular weight excluding hydrogens is 356 g/mol. The molecule has 1 amide bonds. The number of piperidine rings is 1. The van der Waals surface area contributed by atoms with E-state index in [4.69, 9.17) is 4.74 Å². The minimum atomic E-state index is 0.190. The van der Waals surface area contributed by atoms with Gasteiger partial charge in [-0.1, -0.05) is 6.92 Å². The van der Waals surface area contributed by atoms with Gasteiger partial charge in [0, 0.05) is 33.2 Å². The van der Waals surface area contributed by atoms with Crippen LogP contribution in [0.1, 0.15) is 64.1 Å². The molecular formula is C20H36N6O2. The number of rotatable bonds is 9. The average Bonchev–Trinajstić information content (AvgIpc) is 3.15. The molecule has 1 aromatic heterocycles. The second-order valence-corrected chi connectivity index (χ2v) is 8.47. The number of amides is 1. The Morgan fingerprint density at radius 1 is 1.25 bits per heavy atom. The second kappa shape index (κ2) is 10.9. The van der Waals surface area contributed by atoms with Gasteiger partial charge in [-0.05, 0) is 74.4 Å². The summed E-state index contributed by atoms with van der Waals surface area (Å²) in [6.07, 6.45) is 8.58. The third-order valence-electron chi connectivity index (χ3n) is 6.09. The predicted molar refractivity (Wildman–Crippen MR) is 107 cm³/mol. The molecule has 158 valence electrons. The highest BCUT2D eigenvalue weighted by Crippen LogP contribution is 2.18. The van der Waals surface area contributed by atoms with Crippen LogP contribution >= 0.6 is 0 Å². The van der Waals surface area contributed by atoms with Gasteiger partial charge in [-0.2, -0.15) is 0 Å². The Kier molecular flexibility index (Phi) is 8.21. The molecule has 1 aromatic rings. The number of carbonyl (C=O) groups excluding carboxylic acids is 1. The molecule has 0 unspecified atom stereocenters. The van der Waals surface area contributed by atoms with Crippen LogP contribution in [0.5, 0.6) is 0 Å². The molecule has 1 atom stereocenters. The molecule has 28 heavy (non-hydrogen) atoms. The second-order valence-electron chi connectivity index (χ2n) is 8.47. The van der Waals surface area contributed by atoms with Gasteiger partial charge < -0.3 is 9.64 Å². The molecule has 0 spiro atoms. The molecule has 0 aliphatic carbocycles. The lowest BCUT2D eigenvalue weighted by atomic mass is 9.99. The van der Waals surface area contributed by atoms with Crippen LogP contribution in [0, 0.1) is 5.92 Å². The van der Waals surface area contributed by atoms with E-state index in [0.717, 1.165) is 63.8 Å². The van der Waals surface area contributed by atoms with Gasteiger partial charge >= 0.3 is 0 Å². The zero-order chi connectivity index (χ0) is 19.8. The standard InChI is InChI=1S/C20H36N6O2/c1-17-8-13-25(14-9-17)16-19-21-22-23-26(19)11-5-7-20(27)24(2)12-10-18-6-3-4-15-28-18/h17-18H,3-16H2,1-2H3/t18-/m0/s1. The molecule has 0 saturated carbocycles. The van der Waals surface area contributed by atoms with Crippen LogP contribution in [-0.2, 0) is 22.6 Å². The van der Waals surface area contributed by atoms with Gasteiger partial charge in [0.25, 0.3) is 0 Å². The first-order valence-electron chi connectivity index (χ1n) is 10.9. The van der Waals surface area contributed by atoms with E-state index in [1.54, 1.807) is 0 Å². The summed E-state index contributed by atoms with van der Waals surface area (Å²) in [5.74, 6) is 1.92. The van der Waals surface area contributed by atoms with Gasteiger partial charge in [0.1, 0.15) is 0 Å². The summed E-state index contributed by atoms with van der Waals surface area (Å²) in [6, 6.07) is 0. The van der Waals surface area contributed by atoms with Gasteiger partial charge in [0.05, 0.1) is 12.6 Å². The molecule has 2 saturated heterocycles. The van der Waals surface area contributed by atoms with E-state index in [2.05, 4.69) is 27.3 Å². The van der Waals surface area contributed by atoms with Gasteiger partial charge in [-0.15, -0.1) is 5.10 Å². The quantitative estimate of drug-likeness (QED) is 0.641. The highest BCUT2D eigenvalue weighted by Gasteiger charge is 2.19. The summed E-state index contributed by atoms with van der Waals surface area (Å²) in [4.78, 5) is 16.7. The number of aryl methyl sites for hydroxylation is 1. The van der Waals surface area contributed by atoms with Crippen LogP contribution in [0.3, 0.4) is 0 Å². The average molecular weight is 393 g/mol. The lowest BCUT2D eigenvalue weighted by Gasteiger charge is -2.29. The number of likely N-dealkylation sites (tertiary alicyclic amines) is 1. The summed E-state index contributed by atoms with van der Waals surface area (Å²) in [5.41, 5.74) is 0. The van der Waals surface area contributed by atoms with Crippen LogP contribution in [-0.4, -0.2) is 75.3 Å². The Morgan fingerprint density at radius 3 is 2.82 bits per heavy atom. The minimum absolute atomic E-state index is 0.190. The van der Waals surface area contributed by atoms with Crippen molar-refractivity contribution in [1.82, 2.24) is 30.0 Å². The van der Waals surface area contributed by atoms with Gasteiger partial charge in [0.15, 0.2) is 5.82 Å². The third kappa shape index (κ3) is 6.51. The Labute approximate surface area is 168 Å². The Balaban J connectivity index is 1.35. The van der Waals surface area contributed by atoms with Crippen molar-refractivity contribution in [3.05, 3.63) is 5.82 Å². The van der Waals surface area contributed by atoms with E-state index >= 15 is 0 Å². The summed E-state index contributed by atoms with van der Waals surface area (Å²) in [5, 5.41) is 12.2. The van der Waals surface area contributed by atoms with E-state index in [9.17, 15) is 4.79 Å². The number of aromatic nitrogens is 4. The molecule has 8 nitrogen and oxygen atoms in total. The SMILES string of the molecule is CC1CCN(Cc2nnnn2CCCC(=O)N(C)CC[C@@H]2CCCCO2)CC1. The maximum atomic E-state index is 12.4. The van der Waals surface area contributed by atoms with Crippen LogP contribution in [0.15, 0.2) is 0 Å². The molecule has 3 heterocycles. The van der Waals surface area contributed by atoms with Crippen molar-refractivity contribution in [2.45, 2.75) is 77.5 Å². The Bertz CT molecular complexity index is 593. The zero-order valence-electron chi connectivity index (χ0n) is 17.6.